The maximum Gasteiger partial charge on any atom is 0.119 e. The van der Waals surface area contributed by atoms with Crippen molar-refractivity contribution < 1.29 is 4.74 Å². The minimum atomic E-state index is 0.808. The summed E-state index contributed by atoms with van der Waals surface area (Å²) in [5, 5.41) is 0. The maximum absolute atomic E-state index is 5.88. The number of unbranched alkanes of at least 4 members (excludes halogenated alkanes) is 5. The lowest BCUT2D eigenvalue weighted by atomic mass is 10.0. The molecule has 0 saturated heterocycles. The zero-order valence-electron chi connectivity index (χ0n) is 18.6. The van der Waals surface area contributed by atoms with Crippen LogP contribution in [0.2, 0.25) is 0 Å². The molecule has 0 spiro atoms. The van der Waals surface area contributed by atoms with Gasteiger partial charge in [-0.25, -0.2) is 0 Å². The number of ether oxygens (including phenoxy) is 1. The van der Waals surface area contributed by atoms with E-state index in [1.54, 1.807) is 0 Å². The molecule has 0 fully saturated rings. The Morgan fingerprint density at radius 2 is 1.27 bits per heavy atom. The van der Waals surface area contributed by atoms with Crippen molar-refractivity contribution in [3.05, 3.63) is 72.4 Å². The van der Waals surface area contributed by atoms with Gasteiger partial charge in [-0.15, -0.1) is 0 Å². The van der Waals surface area contributed by atoms with E-state index in [0.29, 0.717) is 0 Å². The summed E-state index contributed by atoms with van der Waals surface area (Å²) in [5.41, 5.74) is 5.93. The highest BCUT2D eigenvalue weighted by Crippen LogP contribution is 2.26. The molecule has 0 unspecified atom stereocenters. The van der Waals surface area contributed by atoms with Crippen molar-refractivity contribution in [2.24, 2.45) is 0 Å². The normalized spacial score (nSPS) is 10.9. The van der Waals surface area contributed by atoms with Gasteiger partial charge in [0.1, 0.15) is 5.75 Å². The highest BCUT2D eigenvalue weighted by atomic mass is 16.5. The van der Waals surface area contributed by atoms with E-state index in [1.165, 1.54) is 55.2 Å². The summed E-state index contributed by atoms with van der Waals surface area (Å²) in [5.74, 6) is 0.957. The molecular weight excluding hydrogens is 366 g/mol. The zero-order chi connectivity index (χ0) is 21.0. The third-order valence-electron chi connectivity index (χ3n) is 5.53. The average Bonchev–Trinajstić information content (AvgIpc) is 2.81. The van der Waals surface area contributed by atoms with Gasteiger partial charge in [-0.05, 0) is 54.2 Å². The largest absolute Gasteiger partial charge is 0.494 e. The number of rotatable bonds is 12. The lowest BCUT2D eigenvalue weighted by molar-refractivity contribution is 0.304. The van der Waals surface area contributed by atoms with E-state index < -0.39 is 0 Å². The number of nitrogens with zero attached hydrogens (tertiary/aromatic N) is 1. The fraction of sp³-hybridized carbons (Fsp3) is 0.393. The topological polar surface area (TPSA) is 22.1 Å². The monoisotopic (exact) mass is 401 g/mol. The predicted molar refractivity (Wildman–Crippen MR) is 128 cm³/mol. The molecule has 0 N–H and O–H groups in total. The van der Waals surface area contributed by atoms with Crippen LogP contribution in [0, 0.1) is 0 Å². The molecule has 1 aromatic heterocycles. The van der Waals surface area contributed by atoms with Crippen LogP contribution in [0.4, 0.5) is 0 Å². The van der Waals surface area contributed by atoms with E-state index in [4.69, 9.17) is 4.74 Å². The van der Waals surface area contributed by atoms with Gasteiger partial charge in [0, 0.05) is 11.8 Å². The molecule has 30 heavy (non-hydrogen) atoms. The van der Waals surface area contributed by atoms with Crippen molar-refractivity contribution in [1.29, 1.82) is 0 Å². The molecule has 0 atom stereocenters. The number of hydrogen-bond donors (Lipinski definition) is 0. The molecule has 2 aromatic carbocycles. The summed E-state index contributed by atoms with van der Waals surface area (Å²) in [6.45, 7) is 5.27. The van der Waals surface area contributed by atoms with Crippen LogP contribution in [0.1, 0.15) is 64.4 Å². The molecule has 1 heterocycles. The van der Waals surface area contributed by atoms with Crippen LogP contribution < -0.4 is 4.74 Å². The van der Waals surface area contributed by atoms with Crippen molar-refractivity contribution in [3.63, 3.8) is 0 Å². The van der Waals surface area contributed by atoms with Crippen LogP contribution >= 0.6 is 0 Å². The van der Waals surface area contributed by atoms with E-state index in [9.17, 15) is 0 Å². The van der Waals surface area contributed by atoms with Crippen molar-refractivity contribution >= 4 is 0 Å². The molecule has 3 rings (SSSR count). The molecule has 0 aliphatic heterocycles. The van der Waals surface area contributed by atoms with Crippen LogP contribution in [0.15, 0.2) is 66.9 Å². The van der Waals surface area contributed by atoms with Crippen LogP contribution in [0.25, 0.3) is 22.4 Å². The first-order chi connectivity index (χ1) is 14.8. The first-order valence-electron chi connectivity index (χ1n) is 11.6. The fourth-order valence-electron chi connectivity index (χ4n) is 3.60. The number of hydrogen-bond acceptors (Lipinski definition) is 2. The summed E-state index contributed by atoms with van der Waals surface area (Å²) >= 11 is 0. The van der Waals surface area contributed by atoms with Crippen LogP contribution in [-0.4, -0.2) is 11.6 Å². The quantitative estimate of drug-likeness (QED) is 0.286. The van der Waals surface area contributed by atoms with E-state index in [0.717, 1.165) is 36.5 Å². The van der Waals surface area contributed by atoms with E-state index in [1.807, 2.05) is 6.20 Å². The molecule has 0 aliphatic rings. The summed E-state index contributed by atoms with van der Waals surface area (Å²) in [7, 11) is 0. The third kappa shape index (κ3) is 6.73. The molecule has 2 nitrogen and oxygen atoms in total. The van der Waals surface area contributed by atoms with Gasteiger partial charge in [-0.1, -0.05) is 88.4 Å². The second-order valence-electron chi connectivity index (χ2n) is 8.02. The first kappa shape index (κ1) is 22.1. The molecule has 3 aromatic rings. The van der Waals surface area contributed by atoms with Crippen LogP contribution in [0.3, 0.4) is 0 Å². The van der Waals surface area contributed by atoms with Crippen molar-refractivity contribution in [2.75, 3.05) is 6.61 Å². The minimum absolute atomic E-state index is 0.808. The second kappa shape index (κ2) is 12.2. The zero-order valence-corrected chi connectivity index (χ0v) is 18.6. The Kier molecular flexibility index (Phi) is 8.96. The third-order valence-corrected chi connectivity index (χ3v) is 5.53. The SMILES string of the molecule is CCCCCCCOc1ccc(-c2ccc(-c3ccc(CCCC)cn3)cc2)cc1. The predicted octanol–water partition coefficient (Wildman–Crippen LogP) is 8.11. The number of pyridine rings is 1. The van der Waals surface area contributed by atoms with Gasteiger partial charge in [-0.2, -0.15) is 0 Å². The smallest absolute Gasteiger partial charge is 0.119 e. The number of aryl methyl sites for hydroxylation is 1. The number of benzene rings is 2. The standard InChI is InChI=1S/C28H35NO/c1-3-5-7-8-9-21-30-27-18-16-25(17-19-27)24-12-14-26(15-13-24)28-20-11-23(22-29-28)10-6-4-2/h11-20,22H,3-10,21H2,1-2H3. The van der Waals surface area contributed by atoms with Gasteiger partial charge < -0.3 is 4.74 Å². The van der Waals surface area contributed by atoms with E-state index in [2.05, 4.69) is 79.5 Å². The minimum Gasteiger partial charge on any atom is -0.494 e. The highest BCUT2D eigenvalue weighted by Gasteiger charge is 2.03. The van der Waals surface area contributed by atoms with E-state index >= 15 is 0 Å². The number of aromatic nitrogens is 1. The lowest BCUT2D eigenvalue weighted by Crippen LogP contribution is -1.97. The molecule has 0 amide bonds. The summed E-state index contributed by atoms with van der Waals surface area (Å²) in [6, 6.07) is 21.4. The van der Waals surface area contributed by atoms with Gasteiger partial charge in [0.15, 0.2) is 0 Å². The molecule has 2 heteroatoms. The molecule has 158 valence electrons. The van der Waals surface area contributed by atoms with Gasteiger partial charge in [-0.3, -0.25) is 4.98 Å². The Balaban J connectivity index is 1.54. The molecule has 0 bridgehead atoms. The van der Waals surface area contributed by atoms with Crippen molar-refractivity contribution in [1.82, 2.24) is 4.98 Å². The Hall–Kier alpha value is -2.61. The highest BCUT2D eigenvalue weighted by molar-refractivity contribution is 5.69. The molecule has 0 aliphatic carbocycles. The fourth-order valence-corrected chi connectivity index (χ4v) is 3.60. The molecule has 0 radical (unpaired) electrons. The molecular formula is C28H35NO. The van der Waals surface area contributed by atoms with Gasteiger partial charge in [0.2, 0.25) is 0 Å². The average molecular weight is 402 g/mol. The van der Waals surface area contributed by atoms with Crippen LogP contribution in [-0.2, 0) is 6.42 Å². The van der Waals surface area contributed by atoms with Crippen molar-refractivity contribution in [3.8, 4) is 28.1 Å². The lowest BCUT2D eigenvalue weighted by Gasteiger charge is -2.08. The van der Waals surface area contributed by atoms with Crippen molar-refractivity contribution in [2.45, 2.75) is 65.2 Å². The Labute approximate surface area is 182 Å². The first-order valence-corrected chi connectivity index (χ1v) is 11.6. The summed E-state index contributed by atoms with van der Waals surface area (Å²) < 4.78 is 5.88. The van der Waals surface area contributed by atoms with Crippen LogP contribution in [0.5, 0.6) is 5.75 Å². The summed E-state index contributed by atoms with van der Waals surface area (Å²) in [6.07, 6.45) is 11.9. The maximum atomic E-state index is 5.88. The van der Waals surface area contributed by atoms with Gasteiger partial charge in [0.05, 0.1) is 12.3 Å². The summed E-state index contributed by atoms with van der Waals surface area (Å²) in [4.78, 5) is 4.65. The Bertz CT molecular complexity index is 851. The van der Waals surface area contributed by atoms with Gasteiger partial charge in [0.25, 0.3) is 0 Å². The molecule has 0 saturated carbocycles. The Morgan fingerprint density at radius 3 is 1.90 bits per heavy atom. The Morgan fingerprint density at radius 1 is 0.633 bits per heavy atom. The second-order valence-corrected chi connectivity index (χ2v) is 8.02. The van der Waals surface area contributed by atoms with Gasteiger partial charge >= 0.3 is 0 Å². The van der Waals surface area contributed by atoms with E-state index in [-0.39, 0.29) is 0 Å².